The smallest absolute Gasteiger partial charge is 0.326 e. The number of aromatic nitrogens is 2. The molecule has 1 unspecified atom stereocenters. The summed E-state index contributed by atoms with van der Waals surface area (Å²) in [6.07, 6.45) is 13.8. The van der Waals surface area contributed by atoms with Crippen molar-refractivity contribution in [1.29, 1.82) is 0 Å². The van der Waals surface area contributed by atoms with Crippen LogP contribution in [0.5, 0.6) is 11.5 Å². The summed E-state index contributed by atoms with van der Waals surface area (Å²) < 4.78 is 20.0. The van der Waals surface area contributed by atoms with E-state index in [1.807, 2.05) is 48.5 Å². The van der Waals surface area contributed by atoms with Crippen molar-refractivity contribution in [2.75, 3.05) is 18.5 Å². The largest absolute Gasteiger partial charge is 0.459 e. The summed E-state index contributed by atoms with van der Waals surface area (Å²) in [4.78, 5) is 30.8. The van der Waals surface area contributed by atoms with Crippen LogP contribution >= 0.6 is 0 Å². The summed E-state index contributed by atoms with van der Waals surface area (Å²) in [6.45, 7) is 7.62. The number of ether oxygens (including phenoxy) is 3. The molecule has 3 aromatic carbocycles. The summed E-state index contributed by atoms with van der Waals surface area (Å²) in [5.41, 5.74) is 4.79. The number of amides is 1. The number of para-hydroxylation sites is 2. The molecule has 0 spiro atoms. The van der Waals surface area contributed by atoms with Gasteiger partial charge in [0, 0.05) is 48.2 Å². The van der Waals surface area contributed by atoms with E-state index in [9.17, 15) is 9.59 Å². The first-order valence-electron chi connectivity index (χ1n) is 18.2. The first-order chi connectivity index (χ1) is 24.2. The van der Waals surface area contributed by atoms with Crippen LogP contribution in [0, 0.1) is 5.92 Å². The predicted octanol–water partition coefficient (Wildman–Crippen LogP) is 8.98. The van der Waals surface area contributed by atoms with Gasteiger partial charge in [0.25, 0.3) is 0 Å². The number of hydrogen-bond donors (Lipinski definition) is 1. The van der Waals surface area contributed by atoms with Gasteiger partial charge in [-0.15, -0.1) is 0 Å². The molecule has 4 aromatic rings. The SMILES string of the molecule is CC(C)(C)c1ccc(CCC(COCCC2CCCCC2)OC(=O)Cn2ccnc2)cc1NC(=O)CC1c2ccccc2Oc2ccccc21. The molecule has 1 atom stereocenters. The third-order valence-corrected chi connectivity index (χ3v) is 9.99. The van der Waals surface area contributed by atoms with Crippen molar-refractivity contribution in [2.45, 2.75) is 103 Å². The van der Waals surface area contributed by atoms with Crippen LogP contribution in [0.4, 0.5) is 5.69 Å². The number of carbonyl (C=O) groups excluding carboxylic acids is 2. The van der Waals surface area contributed by atoms with Gasteiger partial charge in [-0.3, -0.25) is 9.59 Å². The quantitative estimate of drug-likeness (QED) is 0.106. The van der Waals surface area contributed by atoms with Crippen molar-refractivity contribution < 1.29 is 23.8 Å². The highest BCUT2D eigenvalue weighted by molar-refractivity contribution is 5.93. The molecule has 1 fully saturated rings. The zero-order valence-electron chi connectivity index (χ0n) is 29.7. The Balaban J connectivity index is 1.13. The van der Waals surface area contributed by atoms with E-state index in [-0.39, 0.29) is 35.9 Å². The van der Waals surface area contributed by atoms with Crippen LogP contribution < -0.4 is 10.1 Å². The van der Waals surface area contributed by atoms with E-state index in [1.54, 1.807) is 23.3 Å². The molecular formula is C42H51N3O5. The van der Waals surface area contributed by atoms with Gasteiger partial charge in [0.15, 0.2) is 0 Å². The van der Waals surface area contributed by atoms with Crippen LogP contribution in [0.3, 0.4) is 0 Å². The van der Waals surface area contributed by atoms with E-state index < -0.39 is 0 Å². The topological polar surface area (TPSA) is 91.7 Å². The number of fused-ring (bicyclic) bond motifs is 2. The summed E-state index contributed by atoms with van der Waals surface area (Å²) in [6, 6.07) is 22.2. The van der Waals surface area contributed by atoms with Gasteiger partial charge in [-0.25, -0.2) is 4.98 Å². The van der Waals surface area contributed by atoms with Gasteiger partial charge in [0.05, 0.1) is 12.9 Å². The summed E-state index contributed by atoms with van der Waals surface area (Å²) in [7, 11) is 0. The molecule has 2 aliphatic rings. The number of hydrogen-bond acceptors (Lipinski definition) is 6. The predicted molar refractivity (Wildman–Crippen MR) is 196 cm³/mol. The molecule has 1 saturated carbocycles. The molecule has 1 aliphatic heterocycles. The molecule has 1 aromatic heterocycles. The van der Waals surface area contributed by atoms with Crippen LogP contribution in [0.1, 0.15) is 100 Å². The molecule has 1 aliphatic carbocycles. The second kappa shape index (κ2) is 16.5. The van der Waals surface area contributed by atoms with Gasteiger partial charge in [0.1, 0.15) is 24.1 Å². The highest BCUT2D eigenvalue weighted by Crippen LogP contribution is 2.45. The Labute approximate surface area is 296 Å². The standard InChI is InChI=1S/C42H51N3O5/c1-42(2,3)36-20-18-31(17-19-32(49-41(47)27-45-23-22-43-29-45)28-48-24-21-30-11-5-4-6-12-30)25-37(36)44-40(46)26-35-33-13-7-9-15-38(33)50-39-16-10-8-14-34(35)39/h7-10,13-16,18,20,22-23,25,29-30,32,35H,4-6,11-12,17,19,21,24,26-28H2,1-3H3,(H,44,46). The van der Waals surface area contributed by atoms with E-state index >= 15 is 0 Å². The number of anilines is 1. The molecule has 2 heterocycles. The fourth-order valence-corrected chi connectivity index (χ4v) is 7.32. The average Bonchev–Trinajstić information content (AvgIpc) is 3.61. The molecule has 6 rings (SSSR count). The third-order valence-electron chi connectivity index (χ3n) is 9.99. The maximum absolute atomic E-state index is 13.8. The Morgan fingerprint density at radius 2 is 1.70 bits per heavy atom. The highest BCUT2D eigenvalue weighted by Gasteiger charge is 2.29. The number of nitrogens with zero attached hydrogens (tertiary/aromatic N) is 2. The number of aryl methyl sites for hydroxylation is 1. The van der Waals surface area contributed by atoms with E-state index in [0.717, 1.165) is 51.8 Å². The minimum Gasteiger partial charge on any atom is -0.459 e. The monoisotopic (exact) mass is 677 g/mol. The Hall–Kier alpha value is -4.43. The van der Waals surface area contributed by atoms with Crippen molar-refractivity contribution in [2.24, 2.45) is 5.92 Å². The van der Waals surface area contributed by atoms with Crippen molar-refractivity contribution in [1.82, 2.24) is 9.55 Å². The second-order valence-corrected chi connectivity index (χ2v) is 14.9. The number of benzene rings is 3. The molecule has 0 bridgehead atoms. The Kier molecular flexibility index (Phi) is 11.7. The normalized spacial score (nSPS) is 15.4. The van der Waals surface area contributed by atoms with E-state index in [1.165, 1.54) is 32.1 Å². The van der Waals surface area contributed by atoms with Gasteiger partial charge in [-0.05, 0) is 59.9 Å². The lowest BCUT2D eigenvalue weighted by molar-refractivity contribution is -0.153. The first-order valence-corrected chi connectivity index (χ1v) is 18.2. The minimum atomic E-state index is -0.383. The molecular weight excluding hydrogens is 626 g/mol. The molecule has 50 heavy (non-hydrogen) atoms. The highest BCUT2D eigenvalue weighted by atomic mass is 16.6. The molecule has 0 radical (unpaired) electrons. The van der Waals surface area contributed by atoms with Gasteiger partial charge < -0.3 is 24.1 Å². The lowest BCUT2D eigenvalue weighted by Gasteiger charge is -2.28. The van der Waals surface area contributed by atoms with Gasteiger partial charge in [0.2, 0.25) is 5.91 Å². The fourth-order valence-electron chi connectivity index (χ4n) is 7.32. The average molecular weight is 678 g/mol. The molecule has 8 heteroatoms. The van der Waals surface area contributed by atoms with Crippen molar-refractivity contribution in [3.8, 4) is 11.5 Å². The van der Waals surface area contributed by atoms with E-state index in [4.69, 9.17) is 14.2 Å². The second-order valence-electron chi connectivity index (χ2n) is 14.9. The van der Waals surface area contributed by atoms with Crippen molar-refractivity contribution >= 4 is 17.6 Å². The van der Waals surface area contributed by atoms with Crippen LogP contribution in [0.15, 0.2) is 85.5 Å². The number of carbonyl (C=O) groups is 2. The van der Waals surface area contributed by atoms with Crippen LogP contribution in [-0.4, -0.2) is 40.7 Å². The van der Waals surface area contributed by atoms with Crippen molar-refractivity contribution in [3.63, 3.8) is 0 Å². The number of esters is 1. The zero-order valence-corrected chi connectivity index (χ0v) is 29.7. The van der Waals surface area contributed by atoms with E-state index in [0.29, 0.717) is 32.5 Å². The summed E-state index contributed by atoms with van der Waals surface area (Å²) in [5, 5.41) is 3.29. The molecule has 1 amide bonds. The molecule has 264 valence electrons. The summed E-state index contributed by atoms with van der Waals surface area (Å²) in [5.74, 6) is 1.84. The van der Waals surface area contributed by atoms with Crippen LogP contribution in [-0.2, 0) is 37.4 Å². The Morgan fingerprint density at radius 1 is 0.980 bits per heavy atom. The number of rotatable bonds is 14. The fraction of sp³-hybridized carbons (Fsp3) is 0.452. The van der Waals surface area contributed by atoms with Gasteiger partial charge >= 0.3 is 5.97 Å². The summed E-state index contributed by atoms with van der Waals surface area (Å²) >= 11 is 0. The van der Waals surface area contributed by atoms with E-state index in [2.05, 4.69) is 49.3 Å². The Bertz CT molecular complexity index is 1680. The minimum absolute atomic E-state index is 0.0539. The van der Waals surface area contributed by atoms with Crippen LogP contribution in [0.2, 0.25) is 0 Å². The first kappa shape index (κ1) is 35.4. The lowest BCUT2D eigenvalue weighted by Crippen LogP contribution is -2.27. The van der Waals surface area contributed by atoms with Crippen LogP contribution in [0.25, 0.3) is 0 Å². The maximum atomic E-state index is 13.8. The molecule has 1 N–H and O–H groups in total. The maximum Gasteiger partial charge on any atom is 0.326 e. The molecule has 0 saturated heterocycles. The zero-order chi connectivity index (χ0) is 34.9. The van der Waals surface area contributed by atoms with Gasteiger partial charge in [-0.1, -0.05) is 101 Å². The number of nitrogens with one attached hydrogen (secondary N) is 1. The number of imidazole rings is 1. The van der Waals surface area contributed by atoms with Crippen molar-refractivity contribution in [3.05, 3.63) is 108 Å². The molecule has 8 nitrogen and oxygen atoms in total. The lowest BCUT2D eigenvalue weighted by atomic mass is 9.84. The van der Waals surface area contributed by atoms with Gasteiger partial charge in [-0.2, -0.15) is 0 Å². The third kappa shape index (κ3) is 9.42. The Morgan fingerprint density at radius 3 is 2.38 bits per heavy atom.